The van der Waals surface area contributed by atoms with Gasteiger partial charge in [0.05, 0.1) is 12.6 Å². The van der Waals surface area contributed by atoms with Gasteiger partial charge < -0.3 is 9.64 Å². The second-order valence-electron chi connectivity index (χ2n) is 5.65. The fraction of sp³-hybridized carbons (Fsp3) is 0.158. The maximum absolute atomic E-state index is 13.8. The van der Waals surface area contributed by atoms with E-state index < -0.39 is 11.6 Å². The van der Waals surface area contributed by atoms with E-state index in [1.54, 1.807) is 38.4 Å². The van der Waals surface area contributed by atoms with Crippen molar-refractivity contribution in [1.29, 1.82) is 0 Å². The van der Waals surface area contributed by atoms with Crippen LogP contribution in [0.2, 0.25) is 0 Å². The molecule has 0 spiro atoms. The Morgan fingerprint density at radius 3 is 2.64 bits per heavy atom. The van der Waals surface area contributed by atoms with Gasteiger partial charge in [0.25, 0.3) is 5.91 Å². The minimum absolute atomic E-state index is 0.0211. The van der Waals surface area contributed by atoms with E-state index in [0.717, 1.165) is 11.5 Å². The zero-order valence-corrected chi connectivity index (χ0v) is 13.8. The van der Waals surface area contributed by atoms with Crippen molar-refractivity contribution in [2.24, 2.45) is 0 Å². The normalized spacial score (nSPS) is 10.7. The lowest BCUT2D eigenvalue weighted by Crippen LogP contribution is -2.27. The molecule has 0 bridgehead atoms. The molecule has 0 saturated heterocycles. The number of pyridine rings is 1. The molecule has 25 heavy (non-hydrogen) atoms. The number of benzene rings is 2. The van der Waals surface area contributed by atoms with E-state index in [1.165, 1.54) is 17.0 Å². The summed E-state index contributed by atoms with van der Waals surface area (Å²) in [7, 11) is 3.13. The van der Waals surface area contributed by atoms with Gasteiger partial charge in [0, 0.05) is 30.6 Å². The predicted molar refractivity (Wildman–Crippen MR) is 90.5 cm³/mol. The van der Waals surface area contributed by atoms with Gasteiger partial charge in [-0.15, -0.1) is 0 Å². The van der Waals surface area contributed by atoms with Gasteiger partial charge in [-0.05, 0) is 30.3 Å². The molecule has 1 aromatic heterocycles. The van der Waals surface area contributed by atoms with E-state index in [4.69, 9.17) is 4.74 Å². The summed E-state index contributed by atoms with van der Waals surface area (Å²) in [6.45, 7) is 0.0211. The van der Waals surface area contributed by atoms with Crippen LogP contribution in [-0.4, -0.2) is 29.9 Å². The molecule has 1 amide bonds. The molecule has 128 valence electrons. The lowest BCUT2D eigenvalue weighted by molar-refractivity contribution is 0.0778. The fourth-order valence-corrected chi connectivity index (χ4v) is 2.52. The first kappa shape index (κ1) is 16.8. The Kier molecular flexibility index (Phi) is 4.61. The maximum Gasteiger partial charge on any atom is 0.272 e. The van der Waals surface area contributed by atoms with Gasteiger partial charge in [-0.3, -0.25) is 4.79 Å². The standard InChI is InChI=1S/C19H16F2N2O2/c1-23(11-13-3-5-14(20)10-16(13)21)19(24)18-7-4-12-9-15(25-2)6-8-17(12)22-18/h3-10H,11H2,1-2H3. The van der Waals surface area contributed by atoms with Gasteiger partial charge in [0.1, 0.15) is 23.1 Å². The van der Waals surface area contributed by atoms with Crippen LogP contribution < -0.4 is 4.74 Å². The molecule has 0 unspecified atom stereocenters. The second kappa shape index (κ2) is 6.84. The minimum Gasteiger partial charge on any atom is -0.497 e. The molecule has 4 nitrogen and oxygen atoms in total. The van der Waals surface area contributed by atoms with Gasteiger partial charge in [0.15, 0.2) is 0 Å². The highest BCUT2D eigenvalue weighted by molar-refractivity contribution is 5.94. The van der Waals surface area contributed by atoms with Crippen molar-refractivity contribution >= 4 is 16.8 Å². The van der Waals surface area contributed by atoms with Crippen molar-refractivity contribution in [1.82, 2.24) is 9.88 Å². The number of halogens is 2. The Morgan fingerprint density at radius 1 is 1.12 bits per heavy atom. The van der Waals surface area contributed by atoms with Crippen molar-refractivity contribution < 1.29 is 18.3 Å². The number of aromatic nitrogens is 1. The van der Waals surface area contributed by atoms with Crippen LogP contribution in [0.5, 0.6) is 5.75 Å². The number of hydrogen-bond acceptors (Lipinski definition) is 3. The molecule has 6 heteroatoms. The van der Waals surface area contributed by atoms with Crippen molar-refractivity contribution in [3.8, 4) is 5.75 Å². The quantitative estimate of drug-likeness (QED) is 0.724. The van der Waals surface area contributed by atoms with Crippen molar-refractivity contribution in [3.05, 3.63) is 71.4 Å². The van der Waals surface area contributed by atoms with E-state index in [-0.39, 0.29) is 23.7 Å². The molecular weight excluding hydrogens is 326 g/mol. The van der Waals surface area contributed by atoms with Gasteiger partial charge in [0.2, 0.25) is 0 Å². The van der Waals surface area contributed by atoms with Gasteiger partial charge >= 0.3 is 0 Å². The van der Waals surface area contributed by atoms with Crippen molar-refractivity contribution in [3.63, 3.8) is 0 Å². The molecule has 2 aromatic carbocycles. The van der Waals surface area contributed by atoms with Gasteiger partial charge in [-0.2, -0.15) is 0 Å². The number of amides is 1. The molecular formula is C19H16F2N2O2. The lowest BCUT2D eigenvalue weighted by Gasteiger charge is -2.17. The number of hydrogen-bond donors (Lipinski definition) is 0. The van der Waals surface area contributed by atoms with Crippen molar-refractivity contribution in [2.75, 3.05) is 14.2 Å². The maximum atomic E-state index is 13.8. The first-order valence-corrected chi connectivity index (χ1v) is 7.62. The van der Waals surface area contributed by atoms with Crippen LogP contribution in [0.15, 0.2) is 48.5 Å². The van der Waals surface area contributed by atoms with E-state index in [2.05, 4.69) is 4.98 Å². The van der Waals surface area contributed by atoms with Gasteiger partial charge in [-0.1, -0.05) is 12.1 Å². The van der Waals surface area contributed by atoms with Crippen molar-refractivity contribution in [2.45, 2.75) is 6.54 Å². The summed E-state index contributed by atoms with van der Waals surface area (Å²) in [5.74, 6) is -0.973. The van der Waals surface area contributed by atoms with Crippen LogP contribution in [0.3, 0.4) is 0 Å². The van der Waals surface area contributed by atoms with E-state index in [9.17, 15) is 13.6 Å². The van der Waals surface area contributed by atoms with E-state index >= 15 is 0 Å². The molecule has 0 aliphatic rings. The number of methoxy groups -OCH3 is 1. The monoisotopic (exact) mass is 342 g/mol. The summed E-state index contributed by atoms with van der Waals surface area (Å²) in [6.07, 6.45) is 0. The summed E-state index contributed by atoms with van der Waals surface area (Å²) >= 11 is 0. The minimum atomic E-state index is -0.682. The Balaban J connectivity index is 1.82. The largest absolute Gasteiger partial charge is 0.497 e. The van der Waals surface area contributed by atoms with Crippen LogP contribution in [0.4, 0.5) is 8.78 Å². The number of fused-ring (bicyclic) bond motifs is 1. The topological polar surface area (TPSA) is 42.4 Å². The molecule has 0 aliphatic carbocycles. The third-order valence-corrected chi connectivity index (χ3v) is 3.88. The first-order valence-electron chi connectivity index (χ1n) is 7.62. The van der Waals surface area contributed by atoms with Crippen LogP contribution in [0.25, 0.3) is 10.9 Å². The fourth-order valence-electron chi connectivity index (χ4n) is 2.52. The second-order valence-corrected chi connectivity index (χ2v) is 5.65. The van der Waals surface area contributed by atoms with Crippen LogP contribution in [0.1, 0.15) is 16.1 Å². The molecule has 3 aromatic rings. The molecule has 0 aliphatic heterocycles. The summed E-state index contributed by atoms with van der Waals surface area (Å²) in [5.41, 5.74) is 1.15. The zero-order chi connectivity index (χ0) is 18.0. The molecule has 1 heterocycles. The number of carbonyl (C=O) groups excluding carboxylic acids is 1. The molecule has 0 radical (unpaired) electrons. The molecule has 0 fully saturated rings. The molecule has 0 saturated carbocycles. The zero-order valence-electron chi connectivity index (χ0n) is 13.8. The SMILES string of the molecule is COc1ccc2nc(C(=O)N(C)Cc3ccc(F)cc3F)ccc2c1. The Hall–Kier alpha value is -3.02. The lowest BCUT2D eigenvalue weighted by atomic mass is 10.1. The number of nitrogens with zero attached hydrogens (tertiary/aromatic N) is 2. The Morgan fingerprint density at radius 2 is 1.92 bits per heavy atom. The van der Waals surface area contributed by atoms with E-state index in [1.807, 2.05) is 6.07 Å². The molecule has 0 N–H and O–H groups in total. The van der Waals surface area contributed by atoms with E-state index in [0.29, 0.717) is 11.3 Å². The Bertz CT molecular complexity index is 944. The smallest absolute Gasteiger partial charge is 0.272 e. The first-order chi connectivity index (χ1) is 12.0. The Labute approximate surface area is 143 Å². The summed E-state index contributed by atoms with van der Waals surface area (Å²) in [5, 5.41) is 0.850. The highest BCUT2D eigenvalue weighted by atomic mass is 19.1. The van der Waals surface area contributed by atoms with Crippen LogP contribution in [0, 0.1) is 11.6 Å². The molecule has 3 rings (SSSR count). The highest BCUT2D eigenvalue weighted by Gasteiger charge is 2.16. The number of ether oxygens (including phenoxy) is 1. The highest BCUT2D eigenvalue weighted by Crippen LogP contribution is 2.20. The van der Waals surface area contributed by atoms with Crippen LogP contribution in [-0.2, 0) is 6.54 Å². The third kappa shape index (κ3) is 3.57. The predicted octanol–water partition coefficient (Wildman–Crippen LogP) is 3.79. The number of carbonyl (C=O) groups is 1. The summed E-state index contributed by atoms with van der Waals surface area (Å²) in [6, 6.07) is 12.0. The third-order valence-electron chi connectivity index (χ3n) is 3.88. The number of rotatable bonds is 4. The van der Waals surface area contributed by atoms with Crippen LogP contribution >= 0.6 is 0 Å². The molecule has 0 atom stereocenters. The average Bonchev–Trinajstić information content (AvgIpc) is 2.62. The average molecular weight is 342 g/mol. The van der Waals surface area contributed by atoms with Gasteiger partial charge in [-0.25, -0.2) is 13.8 Å². The summed E-state index contributed by atoms with van der Waals surface area (Å²) in [4.78, 5) is 18.2. The summed E-state index contributed by atoms with van der Waals surface area (Å²) < 4.78 is 31.9.